The molecule has 2 aromatic rings. The SMILES string of the molecule is O=C(O)c1ccc(C(CC2CCOCC2)C(=O)Nc2nccs2)cc1. The number of aromatic nitrogens is 1. The number of nitrogens with zero attached hydrogens (tertiary/aromatic N) is 1. The number of rotatable bonds is 6. The second kappa shape index (κ2) is 8.22. The monoisotopic (exact) mass is 360 g/mol. The first-order chi connectivity index (χ1) is 12.1. The molecule has 1 aliphatic rings. The average Bonchev–Trinajstić information content (AvgIpc) is 3.13. The van der Waals surface area contributed by atoms with Crippen molar-refractivity contribution in [3.63, 3.8) is 0 Å². The van der Waals surface area contributed by atoms with Crippen molar-refractivity contribution in [1.82, 2.24) is 4.98 Å². The fourth-order valence-corrected chi connectivity index (χ4v) is 3.58. The molecule has 0 radical (unpaired) electrons. The molecule has 1 aromatic carbocycles. The van der Waals surface area contributed by atoms with Gasteiger partial charge in [0.15, 0.2) is 5.13 Å². The van der Waals surface area contributed by atoms with Gasteiger partial charge in [-0.25, -0.2) is 9.78 Å². The molecule has 0 spiro atoms. The summed E-state index contributed by atoms with van der Waals surface area (Å²) in [6.07, 6.45) is 4.24. The minimum absolute atomic E-state index is 0.107. The van der Waals surface area contributed by atoms with Crippen LogP contribution in [0.1, 0.15) is 41.1 Å². The molecule has 1 atom stereocenters. The predicted molar refractivity (Wildman–Crippen MR) is 95.0 cm³/mol. The topological polar surface area (TPSA) is 88.5 Å². The summed E-state index contributed by atoms with van der Waals surface area (Å²) in [4.78, 5) is 28.0. The Hall–Kier alpha value is -2.25. The molecule has 6 nitrogen and oxygen atoms in total. The Balaban J connectivity index is 1.79. The van der Waals surface area contributed by atoms with Gasteiger partial charge in [0.1, 0.15) is 0 Å². The maximum absolute atomic E-state index is 12.8. The van der Waals surface area contributed by atoms with Gasteiger partial charge < -0.3 is 15.2 Å². The molecule has 1 fully saturated rings. The number of thiazole rings is 1. The van der Waals surface area contributed by atoms with E-state index in [1.165, 1.54) is 11.3 Å². The van der Waals surface area contributed by atoms with Crippen LogP contribution in [0.5, 0.6) is 0 Å². The van der Waals surface area contributed by atoms with Crippen LogP contribution in [0.25, 0.3) is 0 Å². The van der Waals surface area contributed by atoms with E-state index in [4.69, 9.17) is 9.84 Å². The Bertz CT molecular complexity index is 709. The van der Waals surface area contributed by atoms with Gasteiger partial charge in [-0.15, -0.1) is 11.3 Å². The van der Waals surface area contributed by atoms with Crippen LogP contribution >= 0.6 is 11.3 Å². The molecule has 0 bridgehead atoms. The third kappa shape index (κ3) is 4.64. The number of carbonyl (C=O) groups is 2. The van der Waals surface area contributed by atoms with E-state index in [1.807, 2.05) is 5.38 Å². The van der Waals surface area contributed by atoms with E-state index in [2.05, 4.69) is 10.3 Å². The average molecular weight is 360 g/mol. The highest BCUT2D eigenvalue weighted by Crippen LogP contribution is 2.31. The lowest BCUT2D eigenvalue weighted by molar-refractivity contribution is -0.118. The van der Waals surface area contributed by atoms with Crippen LogP contribution in [0.15, 0.2) is 35.8 Å². The van der Waals surface area contributed by atoms with Gasteiger partial charge in [0.2, 0.25) is 5.91 Å². The molecule has 1 aliphatic heterocycles. The van der Waals surface area contributed by atoms with Crippen LogP contribution in [0.4, 0.5) is 5.13 Å². The molecule has 3 rings (SSSR count). The number of hydrogen-bond donors (Lipinski definition) is 2. The van der Waals surface area contributed by atoms with Gasteiger partial charge in [0, 0.05) is 24.8 Å². The summed E-state index contributed by atoms with van der Waals surface area (Å²) >= 11 is 1.38. The van der Waals surface area contributed by atoms with Gasteiger partial charge in [-0.05, 0) is 42.9 Å². The smallest absolute Gasteiger partial charge is 0.335 e. The second-order valence-corrected chi connectivity index (χ2v) is 6.99. The maximum Gasteiger partial charge on any atom is 0.335 e. The largest absolute Gasteiger partial charge is 0.478 e. The number of nitrogens with one attached hydrogen (secondary N) is 1. The zero-order valence-corrected chi connectivity index (χ0v) is 14.5. The number of anilines is 1. The summed E-state index contributed by atoms with van der Waals surface area (Å²) in [5.74, 6) is -1.00. The van der Waals surface area contributed by atoms with E-state index in [0.29, 0.717) is 17.5 Å². The van der Waals surface area contributed by atoms with Gasteiger partial charge in [-0.1, -0.05) is 12.1 Å². The van der Waals surface area contributed by atoms with Gasteiger partial charge >= 0.3 is 5.97 Å². The number of aromatic carboxylic acids is 1. The van der Waals surface area contributed by atoms with Crippen LogP contribution in [0, 0.1) is 5.92 Å². The van der Waals surface area contributed by atoms with Crippen LogP contribution in [-0.4, -0.2) is 35.2 Å². The lowest BCUT2D eigenvalue weighted by Gasteiger charge is -2.26. The van der Waals surface area contributed by atoms with Crippen LogP contribution in [0.2, 0.25) is 0 Å². The molecule has 25 heavy (non-hydrogen) atoms. The molecule has 0 aliphatic carbocycles. The lowest BCUT2D eigenvalue weighted by Crippen LogP contribution is -2.26. The standard InChI is InChI=1S/C18H20N2O4S/c21-16(20-18-19-7-10-25-18)15(11-12-5-8-24-9-6-12)13-1-3-14(4-2-13)17(22)23/h1-4,7,10,12,15H,5-6,8-9,11H2,(H,22,23)(H,19,20,21). The molecule has 0 saturated carbocycles. The Morgan fingerprint density at radius 2 is 2.00 bits per heavy atom. The Morgan fingerprint density at radius 1 is 1.28 bits per heavy atom. The quantitative estimate of drug-likeness (QED) is 0.824. The third-order valence-corrected chi connectivity index (χ3v) is 5.14. The van der Waals surface area contributed by atoms with Crippen molar-refractivity contribution >= 4 is 28.3 Å². The number of carbonyl (C=O) groups excluding carboxylic acids is 1. The van der Waals surface area contributed by atoms with E-state index >= 15 is 0 Å². The molecule has 2 heterocycles. The van der Waals surface area contributed by atoms with Crippen molar-refractivity contribution in [2.75, 3.05) is 18.5 Å². The number of carboxylic acid groups (broad SMARTS) is 1. The van der Waals surface area contributed by atoms with Gasteiger partial charge in [0.25, 0.3) is 0 Å². The van der Waals surface area contributed by atoms with Crippen LogP contribution < -0.4 is 5.32 Å². The third-order valence-electron chi connectivity index (χ3n) is 4.45. The summed E-state index contributed by atoms with van der Waals surface area (Å²) in [5.41, 5.74) is 1.04. The minimum atomic E-state index is -0.972. The summed E-state index contributed by atoms with van der Waals surface area (Å²) in [6, 6.07) is 6.56. The fourth-order valence-electron chi connectivity index (χ4n) is 3.05. The number of hydrogen-bond acceptors (Lipinski definition) is 5. The summed E-state index contributed by atoms with van der Waals surface area (Å²) < 4.78 is 5.40. The predicted octanol–water partition coefficient (Wildman–Crippen LogP) is 3.38. The van der Waals surface area contributed by atoms with E-state index in [9.17, 15) is 9.59 Å². The summed E-state index contributed by atoms with van der Waals surface area (Å²) in [5, 5.41) is 14.3. The highest BCUT2D eigenvalue weighted by molar-refractivity contribution is 7.13. The van der Waals surface area contributed by atoms with E-state index < -0.39 is 5.97 Å². The Labute approximate surface area is 149 Å². The first-order valence-electron chi connectivity index (χ1n) is 8.25. The number of benzene rings is 1. The zero-order chi connectivity index (χ0) is 17.6. The Kier molecular flexibility index (Phi) is 5.78. The van der Waals surface area contributed by atoms with Crippen molar-refractivity contribution in [2.45, 2.75) is 25.2 Å². The molecule has 1 unspecified atom stereocenters. The van der Waals surface area contributed by atoms with Crippen molar-refractivity contribution in [2.24, 2.45) is 5.92 Å². The molecule has 1 amide bonds. The highest BCUT2D eigenvalue weighted by Gasteiger charge is 2.26. The van der Waals surface area contributed by atoms with E-state index in [1.54, 1.807) is 30.5 Å². The van der Waals surface area contributed by atoms with Crippen molar-refractivity contribution < 1.29 is 19.4 Å². The lowest BCUT2D eigenvalue weighted by atomic mass is 9.84. The van der Waals surface area contributed by atoms with E-state index in [0.717, 1.165) is 31.6 Å². The molecule has 1 aromatic heterocycles. The molecular weight excluding hydrogens is 340 g/mol. The van der Waals surface area contributed by atoms with Crippen LogP contribution in [-0.2, 0) is 9.53 Å². The van der Waals surface area contributed by atoms with Crippen molar-refractivity contribution in [1.29, 1.82) is 0 Å². The number of ether oxygens (including phenoxy) is 1. The normalized spacial score (nSPS) is 16.3. The number of carboxylic acids is 1. The first-order valence-corrected chi connectivity index (χ1v) is 9.13. The molecule has 7 heteroatoms. The van der Waals surface area contributed by atoms with Crippen LogP contribution in [0.3, 0.4) is 0 Å². The second-order valence-electron chi connectivity index (χ2n) is 6.10. The molecular formula is C18H20N2O4S. The van der Waals surface area contributed by atoms with E-state index in [-0.39, 0.29) is 17.4 Å². The number of amides is 1. The minimum Gasteiger partial charge on any atom is -0.478 e. The van der Waals surface area contributed by atoms with Gasteiger partial charge in [0.05, 0.1) is 11.5 Å². The zero-order valence-electron chi connectivity index (χ0n) is 13.7. The molecule has 1 saturated heterocycles. The highest BCUT2D eigenvalue weighted by atomic mass is 32.1. The fraction of sp³-hybridized carbons (Fsp3) is 0.389. The van der Waals surface area contributed by atoms with Gasteiger partial charge in [-0.2, -0.15) is 0 Å². The molecule has 2 N–H and O–H groups in total. The Morgan fingerprint density at radius 3 is 2.60 bits per heavy atom. The maximum atomic E-state index is 12.8. The van der Waals surface area contributed by atoms with Crippen molar-refractivity contribution in [3.8, 4) is 0 Å². The summed E-state index contributed by atoms with van der Waals surface area (Å²) in [6.45, 7) is 1.45. The molecule has 132 valence electrons. The summed E-state index contributed by atoms with van der Waals surface area (Å²) in [7, 11) is 0. The first kappa shape index (κ1) is 17.6. The van der Waals surface area contributed by atoms with Crippen molar-refractivity contribution in [3.05, 3.63) is 47.0 Å². The van der Waals surface area contributed by atoms with Gasteiger partial charge in [-0.3, -0.25) is 4.79 Å².